The highest BCUT2D eigenvalue weighted by atomic mass is 19.1. The van der Waals surface area contributed by atoms with E-state index in [1.807, 2.05) is 30.3 Å². The van der Waals surface area contributed by atoms with E-state index in [1.54, 1.807) is 6.07 Å². The molecule has 0 bridgehead atoms. The second-order valence-corrected chi connectivity index (χ2v) is 8.86. The average Bonchev–Trinajstić information content (AvgIpc) is 2.86. The van der Waals surface area contributed by atoms with E-state index >= 15 is 0 Å². The molecule has 3 rings (SSSR count). The van der Waals surface area contributed by atoms with Crippen molar-refractivity contribution in [3.63, 3.8) is 0 Å². The minimum Gasteiger partial charge on any atom is -0.206 e. The molecule has 0 aliphatic heterocycles. The van der Waals surface area contributed by atoms with E-state index in [0.717, 1.165) is 30.4 Å². The molecule has 0 aliphatic rings. The van der Waals surface area contributed by atoms with Crippen LogP contribution in [0.4, 0.5) is 4.39 Å². The Morgan fingerprint density at radius 1 is 0.529 bits per heavy atom. The molecule has 0 radical (unpaired) electrons. The van der Waals surface area contributed by atoms with Crippen molar-refractivity contribution in [1.29, 1.82) is 0 Å². The van der Waals surface area contributed by atoms with E-state index < -0.39 is 0 Å². The van der Waals surface area contributed by atoms with Gasteiger partial charge in [-0.05, 0) is 72.9 Å². The van der Waals surface area contributed by atoms with E-state index in [9.17, 15) is 4.39 Å². The Hall–Kier alpha value is -3.29. The molecule has 3 aromatic rings. The predicted molar refractivity (Wildman–Crippen MR) is 142 cm³/mol. The van der Waals surface area contributed by atoms with Crippen LogP contribution in [0.15, 0.2) is 66.7 Å². The number of hydrogen-bond donors (Lipinski definition) is 0. The van der Waals surface area contributed by atoms with Crippen LogP contribution in [-0.2, 0) is 12.8 Å². The number of aryl methyl sites for hydroxylation is 2. The van der Waals surface area contributed by atoms with Crippen LogP contribution in [0, 0.1) is 29.5 Å². The van der Waals surface area contributed by atoms with E-state index in [1.165, 1.54) is 55.7 Å². The molecule has 34 heavy (non-hydrogen) atoms. The maximum Gasteiger partial charge on any atom is 0.140 e. The van der Waals surface area contributed by atoms with Gasteiger partial charge in [-0.25, -0.2) is 4.39 Å². The second-order valence-electron chi connectivity index (χ2n) is 8.86. The highest BCUT2D eigenvalue weighted by Crippen LogP contribution is 2.13. The lowest BCUT2D eigenvalue weighted by Crippen LogP contribution is -1.88. The molecule has 0 unspecified atom stereocenters. The third-order valence-corrected chi connectivity index (χ3v) is 5.93. The third-order valence-electron chi connectivity index (χ3n) is 5.93. The van der Waals surface area contributed by atoms with Crippen molar-refractivity contribution in [3.8, 4) is 23.7 Å². The molecule has 0 aromatic heterocycles. The first-order valence-electron chi connectivity index (χ1n) is 12.7. The van der Waals surface area contributed by atoms with Gasteiger partial charge in [0, 0.05) is 16.7 Å². The normalized spacial score (nSPS) is 10.2. The summed E-state index contributed by atoms with van der Waals surface area (Å²) < 4.78 is 14.6. The summed E-state index contributed by atoms with van der Waals surface area (Å²) >= 11 is 0. The Bertz CT molecular complexity index is 1150. The van der Waals surface area contributed by atoms with Gasteiger partial charge in [0.05, 0.1) is 5.56 Å². The fourth-order valence-electron chi connectivity index (χ4n) is 3.89. The molecule has 0 saturated heterocycles. The van der Waals surface area contributed by atoms with Gasteiger partial charge in [0.2, 0.25) is 0 Å². The summed E-state index contributed by atoms with van der Waals surface area (Å²) in [4.78, 5) is 0. The smallest absolute Gasteiger partial charge is 0.140 e. The standard InChI is InChI=1S/C33H35F/c1-3-5-6-7-8-9-11-28-14-18-30(19-15-28)22-24-32-25-23-31(26-33(32)34)21-20-29-16-12-27(10-4-2)13-17-29/h12-19,23,25-26H,3-11H2,1-2H3. The number of rotatable bonds is 9. The van der Waals surface area contributed by atoms with Crippen LogP contribution in [0.1, 0.15) is 92.2 Å². The molecule has 1 heteroatoms. The quantitative estimate of drug-likeness (QED) is 0.226. The maximum atomic E-state index is 14.6. The summed E-state index contributed by atoms with van der Waals surface area (Å²) in [5.41, 5.74) is 5.54. The molecule has 3 aromatic carbocycles. The maximum absolute atomic E-state index is 14.6. The molecule has 0 amide bonds. The fraction of sp³-hybridized carbons (Fsp3) is 0.333. The molecule has 0 N–H and O–H groups in total. The molecule has 174 valence electrons. The molecule has 0 atom stereocenters. The van der Waals surface area contributed by atoms with E-state index in [-0.39, 0.29) is 5.82 Å². The van der Waals surface area contributed by atoms with Gasteiger partial charge in [0.1, 0.15) is 5.82 Å². The third kappa shape index (κ3) is 8.57. The Morgan fingerprint density at radius 2 is 1.06 bits per heavy atom. The van der Waals surface area contributed by atoms with Crippen LogP contribution in [0.3, 0.4) is 0 Å². The second kappa shape index (κ2) is 14.1. The summed E-state index contributed by atoms with van der Waals surface area (Å²) in [7, 11) is 0. The van der Waals surface area contributed by atoms with E-state index in [4.69, 9.17) is 0 Å². The zero-order valence-corrected chi connectivity index (χ0v) is 20.6. The van der Waals surface area contributed by atoms with E-state index in [0.29, 0.717) is 11.1 Å². The Morgan fingerprint density at radius 3 is 1.68 bits per heavy atom. The topological polar surface area (TPSA) is 0 Å². The molecule has 0 saturated carbocycles. The van der Waals surface area contributed by atoms with Gasteiger partial charge in [-0.2, -0.15) is 0 Å². The van der Waals surface area contributed by atoms with Crippen LogP contribution >= 0.6 is 0 Å². The first-order valence-corrected chi connectivity index (χ1v) is 12.7. The lowest BCUT2D eigenvalue weighted by molar-refractivity contribution is 0.607. The number of halogens is 1. The van der Waals surface area contributed by atoms with Crippen LogP contribution in [-0.4, -0.2) is 0 Å². The van der Waals surface area contributed by atoms with Crippen molar-refractivity contribution in [1.82, 2.24) is 0 Å². The minimum absolute atomic E-state index is 0.336. The molecule has 0 heterocycles. The highest BCUT2D eigenvalue weighted by Gasteiger charge is 2.00. The SMILES string of the molecule is CCCCCCCCc1ccc(C#Cc2ccc(C#Cc3ccc(CCC)cc3)cc2F)cc1. The Balaban J connectivity index is 1.55. The van der Waals surface area contributed by atoms with Crippen molar-refractivity contribution in [3.05, 3.63) is 106 Å². The molecule has 0 spiro atoms. The Kier molecular flexibility index (Phi) is 10.5. The summed E-state index contributed by atoms with van der Waals surface area (Å²) in [6.45, 7) is 4.42. The van der Waals surface area contributed by atoms with Gasteiger partial charge in [0.15, 0.2) is 0 Å². The first-order chi connectivity index (χ1) is 16.7. The molecule has 0 fully saturated rings. The molecule has 0 nitrogen and oxygen atoms in total. The van der Waals surface area contributed by atoms with Crippen molar-refractivity contribution in [2.45, 2.75) is 71.6 Å². The lowest BCUT2D eigenvalue weighted by atomic mass is 10.0. The summed E-state index contributed by atoms with van der Waals surface area (Å²) in [6, 6.07) is 21.6. The largest absolute Gasteiger partial charge is 0.206 e. The van der Waals surface area contributed by atoms with Crippen molar-refractivity contribution in [2.24, 2.45) is 0 Å². The average molecular weight is 451 g/mol. The zero-order chi connectivity index (χ0) is 24.0. The minimum atomic E-state index is -0.336. The zero-order valence-electron chi connectivity index (χ0n) is 20.6. The summed E-state index contributed by atoms with van der Waals surface area (Å²) in [5, 5.41) is 0. The summed E-state index contributed by atoms with van der Waals surface area (Å²) in [6.07, 6.45) is 11.2. The predicted octanol–water partition coefficient (Wildman–Crippen LogP) is 8.48. The van der Waals surface area contributed by atoms with E-state index in [2.05, 4.69) is 61.8 Å². The molecular formula is C33H35F. The van der Waals surface area contributed by atoms with Crippen molar-refractivity contribution in [2.75, 3.05) is 0 Å². The van der Waals surface area contributed by atoms with Crippen molar-refractivity contribution >= 4 is 0 Å². The van der Waals surface area contributed by atoms with Crippen molar-refractivity contribution < 1.29 is 4.39 Å². The monoisotopic (exact) mass is 450 g/mol. The van der Waals surface area contributed by atoms with Crippen LogP contribution in [0.2, 0.25) is 0 Å². The first kappa shape index (κ1) is 25.3. The number of unbranched alkanes of at least 4 members (excludes halogenated alkanes) is 5. The van der Waals surface area contributed by atoms with Crippen LogP contribution in [0.25, 0.3) is 0 Å². The highest BCUT2D eigenvalue weighted by molar-refractivity contribution is 5.49. The molecule has 0 aliphatic carbocycles. The van der Waals surface area contributed by atoms with Crippen LogP contribution < -0.4 is 0 Å². The van der Waals surface area contributed by atoms with Gasteiger partial charge < -0.3 is 0 Å². The van der Waals surface area contributed by atoms with Gasteiger partial charge in [-0.15, -0.1) is 0 Å². The molecular weight excluding hydrogens is 415 g/mol. The van der Waals surface area contributed by atoms with Gasteiger partial charge >= 0.3 is 0 Å². The van der Waals surface area contributed by atoms with Gasteiger partial charge in [0.25, 0.3) is 0 Å². The van der Waals surface area contributed by atoms with Gasteiger partial charge in [-0.3, -0.25) is 0 Å². The Labute approximate surface area is 205 Å². The van der Waals surface area contributed by atoms with Crippen LogP contribution in [0.5, 0.6) is 0 Å². The summed E-state index contributed by atoms with van der Waals surface area (Å²) in [5.74, 6) is 11.9. The number of benzene rings is 3. The number of hydrogen-bond acceptors (Lipinski definition) is 0. The fourth-order valence-corrected chi connectivity index (χ4v) is 3.89. The van der Waals surface area contributed by atoms with Gasteiger partial charge in [-0.1, -0.05) is 100 Å². The lowest BCUT2D eigenvalue weighted by Gasteiger charge is -2.02.